The fraction of sp³-hybridized carbons (Fsp3) is 0.448. The van der Waals surface area contributed by atoms with E-state index < -0.39 is 0 Å². The average Bonchev–Trinajstić information content (AvgIpc) is 2.85. The number of likely N-dealkylation sites (N-methyl/N-ethyl adjacent to an activating group) is 1. The summed E-state index contributed by atoms with van der Waals surface area (Å²) in [6, 6.07) is 7.15. The molecule has 2 aromatic rings. The average molecular weight is 492 g/mol. The van der Waals surface area contributed by atoms with Crippen molar-refractivity contribution in [2.24, 2.45) is 0 Å². The molecule has 1 aliphatic heterocycles. The SMILES string of the molecule is C=C/C(=C\C=C(/CC(=O)Nc1ccc2[nH]c(=O)cc(C)c2c1)N(CC)CCC)CN1CCN(C)CC1. The van der Waals surface area contributed by atoms with Crippen molar-refractivity contribution in [1.82, 2.24) is 19.7 Å². The Morgan fingerprint density at radius 3 is 2.58 bits per heavy atom. The van der Waals surface area contributed by atoms with Gasteiger partial charge >= 0.3 is 0 Å². The molecule has 0 unspecified atom stereocenters. The lowest BCUT2D eigenvalue weighted by molar-refractivity contribution is -0.115. The minimum atomic E-state index is -0.123. The van der Waals surface area contributed by atoms with Crippen molar-refractivity contribution < 1.29 is 4.79 Å². The second-order valence-corrected chi connectivity index (χ2v) is 9.56. The molecule has 1 aromatic heterocycles. The van der Waals surface area contributed by atoms with Crippen molar-refractivity contribution in [1.29, 1.82) is 0 Å². The molecule has 1 amide bonds. The number of benzene rings is 1. The lowest BCUT2D eigenvalue weighted by Crippen LogP contribution is -2.44. The van der Waals surface area contributed by atoms with Gasteiger partial charge in [0.1, 0.15) is 0 Å². The molecule has 0 saturated carbocycles. The Hall–Kier alpha value is -3.16. The summed E-state index contributed by atoms with van der Waals surface area (Å²) >= 11 is 0. The van der Waals surface area contributed by atoms with Gasteiger partial charge in [-0.1, -0.05) is 25.7 Å². The van der Waals surface area contributed by atoms with E-state index >= 15 is 0 Å². The van der Waals surface area contributed by atoms with Crippen LogP contribution >= 0.6 is 0 Å². The molecular formula is C29H41N5O2. The smallest absolute Gasteiger partial charge is 0.248 e. The standard InChI is InChI=1S/C29H41N5O2/c1-6-13-34(8-3)25(11-9-23(7-2)21-33-16-14-32(5)15-17-33)20-29(36)30-24-10-12-27-26(19-24)22(4)18-28(35)31-27/h7,9-12,18-19H,2,6,8,13-17,20-21H2,1,3-5H3,(H,30,36)(H,31,35)/b23-9+,25-11+. The third-order valence-electron chi connectivity index (χ3n) is 6.71. The van der Waals surface area contributed by atoms with Crippen LogP contribution in [0.5, 0.6) is 0 Å². The molecule has 36 heavy (non-hydrogen) atoms. The number of nitrogens with one attached hydrogen (secondary N) is 2. The van der Waals surface area contributed by atoms with E-state index in [0.29, 0.717) is 0 Å². The molecule has 0 bridgehead atoms. The number of aromatic nitrogens is 1. The van der Waals surface area contributed by atoms with Gasteiger partial charge in [-0.3, -0.25) is 14.5 Å². The van der Waals surface area contributed by atoms with E-state index in [1.54, 1.807) is 6.07 Å². The van der Waals surface area contributed by atoms with Gasteiger partial charge in [0.2, 0.25) is 11.5 Å². The number of hydrogen-bond donors (Lipinski definition) is 2. The van der Waals surface area contributed by atoms with Gasteiger partial charge < -0.3 is 20.1 Å². The molecule has 194 valence electrons. The van der Waals surface area contributed by atoms with Gasteiger partial charge in [-0.05, 0) is 62.7 Å². The van der Waals surface area contributed by atoms with Crippen molar-refractivity contribution in [2.45, 2.75) is 33.6 Å². The van der Waals surface area contributed by atoms with E-state index in [-0.39, 0.29) is 17.9 Å². The van der Waals surface area contributed by atoms with E-state index in [1.165, 1.54) is 0 Å². The highest BCUT2D eigenvalue weighted by atomic mass is 16.1. The predicted molar refractivity (Wildman–Crippen MR) is 150 cm³/mol. The molecule has 1 saturated heterocycles. The largest absolute Gasteiger partial charge is 0.375 e. The van der Waals surface area contributed by atoms with Gasteiger partial charge in [0.25, 0.3) is 0 Å². The van der Waals surface area contributed by atoms with Crippen LogP contribution in [0, 0.1) is 6.92 Å². The number of fused-ring (bicyclic) bond motifs is 1. The molecule has 1 aliphatic rings. The maximum Gasteiger partial charge on any atom is 0.248 e. The van der Waals surface area contributed by atoms with Crippen LogP contribution in [-0.4, -0.2) is 78.5 Å². The third-order valence-corrected chi connectivity index (χ3v) is 6.71. The maximum atomic E-state index is 13.1. The van der Waals surface area contributed by atoms with E-state index in [1.807, 2.05) is 31.2 Å². The van der Waals surface area contributed by atoms with Crippen LogP contribution in [-0.2, 0) is 4.79 Å². The lowest BCUT2D eigenvalue weighted by Gasteiger charge is -2.32. The number of amides is 1. The number of aryl methyl sites for hydroxylation is 1. The second kappa shape index (κ2) is 13.2. The molecule has 0 radical (unpaired) electrons. The monoisotopic (exact) mass is 491 g/mol. The van der Waals surface area contributed by atoms with Gasteiger partial charge in [0.05, 0.1) is 6.42 Å². The van der Waals surface area contributed by atoms with Gasteiger partial charge in [0.15, 0.2) is 0 Å². The zero-order valence-corrected chi connectivity index (χ0v) is 22.3. The fourth-order valence-electron chi connectivity index (χ4n) is 4.57. The number of pyridine rings is 1. The Kier molecular flexibility index (Phi) is 10.1. The van der Waals surface area contributed by atoms with Crippen LogP contribution in [0.2, 0.25) is 0 Å². The van der Waals surface area contributed by atoms with Crippen molar-refractivity contribution in [2.75, 3.05) is 58.2 Å². The highest BCUT2D eigenvalue weighted by Gasteiger charge is 2.15. The summed E-state index contributed by atoms with van der Waals surface area (Å²) in [5, 5.41) is 3.97. The third kappa shape index (κ3) is 7.67. The number of allylic oxidation sites excluding steroid dienone is 2. The Morgan fingerprint density at radius 2 is 1.92 bits per heavy atom. The van der Waals surface area contributed by atoms with Crippen molar-refractivity contribution >= 4 is 22.5 Å². The molecule has 3 rings (SSSR count). The topological polar surface area (TPSA) is 71.7 Å². The highest BCUT2D eigenvalue weighted by Crippen LogP contribution is 2.21. The summed E-state index contributed by atoms with van der Waals surface area (Å²) in [6.07, 6.45) is 7.41. The number of carbonyl (C=O) groups excluding carboxylic acids is 1. The van der Waals surface area contributed by atoms with E-state index in [2.05, 4.69) is 64.6 Å². The first-order chi connectivity index (χ1) is 17.3. The molecule has 0 aliphatic carbocycles. The van der Waals surface area contributed by atoms with Crippen LogP contribution in [0.1, 0.15) is 32.3 Å². The van der Waals surface area contributed by atoms with Gasteiger partial charge in [-0.25, -0.2) is 0 Å². The Morgan fingerprint density at radius 1 is 1.17 bits per heavy atom. The van der Waals surface area contributed by atoms with Crippen molar-refractivity contribution in [3.63, 3.8) is 0 Å². The van der Waals surface area contributed by atoms with Crippen molar-refractivity contribution in [3.05, 3.63) is 76.3 Å². The minimum absolute atomic E-state index is 0.0650. The van der Waals surface area contributed by atoms with Crippen LogP contribution in [0.25, 0.3) is 10.9 Å². The van der Waals surface area contributed by atoms with Gasteiger partial charge in [-0.2, -0.15) is 0 Å². The summed E-state index contributed by atoms with van der Waals surface area (Å²) in [7, 11) is 2.16. The van der Waals surface area contributed by atoms with E-state index in [9.17, 15) is 9.59 Å². The number of piperazine rings is 1. The normalized spacial score (nSPS) is 15.8. The summed E-state index contributed by atoms with van der Waals surface area (Å²) in [6.45, 7) is 17.1. The molecule has 7 nitrogen and oxygen atoms in total. The molecular weight excluding hydrogens is 450 g/mol. The number of anilines is 1. The quantitative estimate of drug-likeness (QED) is 0.462. The Labute approximate surface area is 215 Å². The second-order valence-electron chi connectivity index (χ2n) is 9.56. The lowest BCUT2D eigenvalue weighted by atomic mass is 10.1. The van der Waals surface area contributed by atoms with Crippen molar-refractivity contribution in [3.8, 4) is 0 Å². The highest BCUT2D eigenvalue weighted by molar-refractivity contribution is 5.95. The van der Waals surface area contributed by atoms with Crippen LogP contribution < -0.4 is 10.9 Å². The van der Waals surface area contributed by atoms with E-state index in [4.69, 9.17) is 0 Å². The van der Waals surface area contributed by atoms with Gasteiger partial charge in [0, 0.05) is 74.2 Å². The van der Waals surface area contributed by atoms with Crippen LogP contribution in [0.15, 0.2) is 65.1 Å². The van der Waals surface area contributed by atoms with E-state index in [0.717, 1.165) is 85.7 Å². The van der Waals surface area contributed by atoms with Gasteiger partial charge in [-0.15, -0.1) is 0 Å². The zero-order chi connectivity index (χ0) is 26.1. The zero-order valence-electron chi connectivity index (χ0n) is 22.3. The molecule has 7 heteroatoms. The number of hydrogen-bond acceptors (Lipinski definition) is 5. The number of nitrogens with zero attached hydrogens (tertiary/aromatic N) is 3. The Balaban J connectivity index is 1.76. The number of rotatable bonds is 11. The first-order valence-corrected chi connectivity index (χ1v) is 12.9. The molecule has 1 fully saturated rings. The number of H-pyrrole nitrogens is 1. The first kappa shape index (κ1) is 27.4. The maximum absolute atomic E-state index is 13.1. The molecule has 2 N–H and O–H groups in total. The summed E-state index contributed by atoms with van der Waals surface area (Å²) in [5.41, 5.74) is 4.40. The Bertz CT molecular complexity index is 1170. The van der Waals surface area contributed by atoms with Crippen LogP contribution in [0.4, 0.5) is 5.69 Å². The summed E-state index contributed by atoms with van der Waals surface area (Å²) < 4.78 is 0. The number of aromatic amines is 1. The molecule has 1 aromatic carbocycles. The molecule has 0 spiro atoms. The minimum Gasteiger partial charge on any atom is -0.375 e. The first-order valence-electron chi connectivity index (χ1n) is 12.9. The molecule has 0 atom stereocenters. The number of carbonyl (C=O) groups is 1. The van der Waals surface area contributed by atoms with Crippen LogP contribution in [0.3, 0.4) is 0 Å². The fourth-order valence-corrected chi connectivity index (χ4v) is 4.57. The predicted octanol–water partition coefficient (Wildman–Crippen LogP) is 4.14. The summed E-state index contributed by atoms with van der Waals surface area (Å²) in [4.78, 5) is 34.7. The molecule has 2 heterocycles. The summed E-state index contributed by atoms with van der Waals surface area (Å²) in [5.74, 6) is -0.0650.